The van der Waals surface area contributed by atoms with Gasteiger partial charge in [0.15, 0.2) is 0 Å². The number of thiophene rings is 1. The predicted octanol–water partition coefficient (Wildman–Crippen LogP) is 3.29. The Bertz CT molecular complexity index is 935. The fourth-order valence-corrected chi connectivity index (χ4v) is 3.36. The molecule has 8 heteroatoms. The number of benzene rings is 1. The van der Waals surface area contributed by atoms with Crippen LogP contribution in [0.5, 0.6) is 0 Å². The number of amides is 2. The van der Waals surface area contributed by atoms with Gasteiger partial charge in [-0.1, -0.05) is 48.0 Å². The Morgan fingerprint density at radius 1 is 1.14 bits per heavy atom. The molecule has 152 valence electrons. The van der Waals surface area contributed by atoms with E-state index in [-0.39, 0.29) is 30.8 Å². The lowest BCUT2D eigenvalue weighted by Gasteiger charge is -2.18. The molecular weight excluding hydrogens is 388 g/mol. The maximum atomic E-state index is 12.3. The summed E-state index contributed by atoms with van der Waals surface area (Å²) in [5.74, 6) is -0.0948. The fourth-order valence-electron chi connectivity index (χ4n) is 2.71. The van der Waals surface area contributed by atoms with Crippen molar-refractivity contribution in [1.29, 1.82) is 0 Å². The lowest BCUT2D eigenvalue weighted by Crippen LogP contribution is -2.40. The molecule has 2 N–H and O–H groups in total. The second kappa shape index (κ2) is 9.99. The fraction of sp³-hybridized carbons (Fsp3) is 0.286. The van der Waals surface area contributed by atoms with E-state index in [9.17, 15) is 9.59 Å². The van der Waals surface area contributed by atoms with Gasteiger partial charge in [-0.15, -0.1) is 11.3 Å². The van der Waals surface area contributed by atoms with Crippen molar-refractivity contribution in [3.8, 4) is 11.3 Å². The molecule has 1 aromatic carbocycles. The van der Waals surface area contributed by atoms with Gasteiger partial charge >= 0.3 is 0 Å². The molecule has 3 rings (SSSR count). The number of hydrogen-bond acceptors (Lipinski definition) is 6. The average molecular weight is 413 g/mol. The quantitative estimate of drug-likeness (QED) is 0.563. The van der Waals surface area contributed by atoms with Crippen LogP contribution in [-0.4, -0.2) is 41.5 Å². The number of carbonyl (C=O) groups excluding carboxylic acids is 2. The molecular formula is C21H24N4O3S. The molecule has 2 amide bonds. The van der Waals surface area contributed by atoms with Gasteiger partial charge in [0.2, 0.25) is 17.7 Å². The molecule has 0 atom stereocenters. The summed E-state index contributed by atoms with van der Waals surface area (Å²) in [7, 11) is 0. The molecule has 29 heavy (non-hydrogen) atoms. The van der Waals surface area contributed by atoms with Gasteiger partial charge in [0.1, 0.15) is 5.69 Å². The van der Waals surface area contributed by atoms with Crippen molar-refractivity contribution in [3.05, 3.63) is 58.3 Å². The van der Waals surface area contributed by atoms with Crippen LogP contribution in [0.25, 0.3) is 11.3 Å². The first-order valence-electron chi connectivity index (χ1n) is 9.38. The highest BCUT2D eigenvalue weighted by Gasteiger charge is 2.15. The number of likely N-dealkylation sites (N-methyl/N-ethyl adjacent to an activating group) is 1. The Morgan fingerprint density at radius 3 is 2.59 bits per heavy atom. The van der Waals surface area contributed by atoms with Gasteiger partial charge in [-0.05, 0) is 24.9 Å². The predicted molar refractivity (Wildman–Crippen MR) is 114 cm³/mol. The second-order valence-corrected chi connectivity index (χ2v) is 7.68. The average Bonchev–Trinajstić information content (AvgIpc) is 3.38. The zero-order chi connectivity index (χ0) is 20.6. The highest BCUT2D eigenvalue weighted by Crippen LogP contribution is 2.22. The molecule has 0 saturated heterocycles. The van der Waals surface area contributed by atoms with E-state index in [0.29, 0.717) is 18.8 Å². The monoisotopic (exact) mass is 412 g/mol. The SMILES string of the molecule is CCN(CC(=O)NCc1cccs1)CC(=O)Nc1cc(-c2ccc(C)cc2)no1. The second-order valence-electron chi connectivity index (χ2n) is 6.65. The molecule has 0 aliphatic heterocycles. The molecule has 7 nitrogen and oxygen atoms in total. The molecule has 2 aromatic heterocycles. The van der Waals surface area contributed by atoms with Crippen molar-refractivity contribution in [2.75, 3.05) is 25.0 Å². The maximum absolute atomic E-state index is 12.3. The standard InChI is InChI=1S/C21H24N4O3S/c1-3-25(13-19(26)22-12-17-5-4-10-29-17)14-20(27)23-21-11-18(24-28-21)16-8-6-15(2)7-9-16/h4-11H,3,12-14H2,1-2H3,(H,22,26)(H,23,27). The molecule has 0 unspecified atom stereocenters. The van der Waals surface area contributed by atoms with Crippen molar-refractivity contribution in [3.63, 3.8) is 0 Å². The molecule has 0 aliphatic rings. The van der Waals surface area contributed by atoms with E-state index in [1.807, 2.05) is 55.6 Å². The van der Waals surface area contributed by atoms with Gasteiger partial charge in [0, 0.05) is 16.5 Å². The highest BCUT2D eigenvalue weighted by atomic mass is 32.1. The first kappa shape index (κ1) is 20.8. The number of aryl methyl sites for hydroxylation is 1. The van der Waals surface area contributed by atoms with E-state index in [4.69, 9.17) is 4.52 Å². The number of carbonyl (C=O) groups is 2. The van der Waals surface area contributed by atoms with Crippen molar-refractivity contribution in [2.24, 2.45) is 0 Å². The Hall–Kier alpha value is -2.97. The van der Waals surface area contributed by atoms with Crippen LogP contribution in [0.2, 0.25) is 0 Å². The molecule has 0 fully saturated rings. The smallest absolute Gasteiger partial charge is 0.240 e. The van der Waals surface area contributed by atoms with Crippen LogP contribution < -0.4 is 10.6 Å². The summed E-state index contributed by atoms with van der Waals surface area (Å²) in [6.07, 6.45) is 0. The summed E-state index contributed by atoms with van der Waals surface area (Å²) in [6.45, 7) is 5.23. The Balaban J connectivity index is 1.48. The van der Waals surface area contributed by atoms with Gasteiger partial charge in [-0.2, -0.15) is 0 Å². The zero-order valence-corrected chi connectivity index (χ0v) is 17.3. The van der Waals surface area contributed by atoms with Crippen LogP contribution in [0.4, 0.5) is 5.88 Å². The van der Waals surface area contributed by atoms with E-state index >= 15 is 0 Å². The molecule has 0 radical (unpaired) electrons. The molecule has 0 aliphatic carbocycles. The van der Waals surface area contributed by atoms with Gasteiger partial charge in [0.05, 0.1) is 19.6 Å². The third kappa shape index (κ3) is 6.27. The normalized spacial score (nSPS) is 10.9. The Labute approximate surface area is 173 Å². The molecule has 0 bridgehead atoms. The Kier molecular flexibility index (Phi) is 7.15. The lowest BCUT2D eigenvalue weighted by atomic mass is 10.1. The maximum Gasteiger partial charge on any atom is 0.240 e. The highest BCUT2D eigenvalue weighted by molar-refractivity contribution is 7.09. The number of nitrogens with zero attached hydrogens (tertiary/aromatic N) is 2. The van der Waals surface area contributed by atoms with E-state index in [2.05, 4.69) is 15.8 Å². The van der Waals surface area contributed by atoms with Gasteiger partial charge in [-0.25, -0.2) is 0 Å². The summed E-state index contributed by atoms with van der Waals surface area (Å²) < 4.78 is 5.22. The molecule has 0 saturated carbocycles. The third-order valence-electron chi connectivity index (χ3n) is 4.34. The van der Waals surface area contributed by atoms with Crippen molar-refractivity contribution < 1.29 is 14.1 Å². The van der Waals surface area contributed by atoms with Crippen LogP contribution in [0.1, 0.15) is 17.4 Å². The van der Waals surface area contributed by atoms with E-state index in [1.165, 1.54) is 0 Å². The minimum absolute atomic E-state index is 0.0868. The van der Waals surface area contributed by atoms with Gasteiger partial charge in [-0.3, -0.25) is 19.8 Å². The van der Waals surface area contributed by atoms with Crippen molar-refractivity contribution >= 4 is 29.0 Å². The van der Waals surface area contributed by atoms with Crippen LogP contribution in [0, 0.1) is 6.92 Å². The first-order valence-corrected chi connectivity index (χ1v) is 10.3. The summed E-state index contributed by atoms with van der Waals surface area (Å²) in [5.41, 5.74) is 2.72. The van der Waals surface area contributed by atoms with Gasteiger partial charge < -0.3 is 9.84 Å². The van der Waals surface area contributed by atoms with Gasteiger partial charge in [0.25, 0.3) is 0 Å². The number of rotatable bonds is 9. The summed E-state index contributed by atoms with van der Waals surface area (Å²) in [6, 6.07) is 13.5. The van der Waals surface area contributed by atoms with Crippen LogP contribution >= 0.6 is 11.3 Å². The molecule has 2 heterocycles. The molecule has 3 aromatic rings. The van der Waals surface area contributed by atoms with Crippen LogP contribution in [-0.2, 0) is 16.1 Å². The van der Waals surface area contributed by atoms with E-state index in [1.54, 1.807) is 22.3 Å². The van der Waals surface area contributed by atoms with Crippen LogP contribution in [0.15, 0.2) is 52.4 Å². The number of hydrogen-bond donors (Lipinski definition) is 2. The van der Waals surface area contributed by atoms with Crippen molar-refractivity contribution in [1.82, 2.24) is 15.4 Å². The summed E-state index contributed by atoms with van der Waals surface area (Å²) in [4.78, 5) is 27.3. The number of anilines is 1. The van der Waals surface area contributed by atoms with Crippen LogP contribution in [0.3, 0.4) is 0 Å². The van der Waals surface area contributed by atoms with Crippen molar-refractivity contribution in [2.45, 2.75) is 20.4 Å². The summed E-state index contributed by atoms with van der Waals surface area (Å²) >= 11 is 1.59. The molecule has 0 spiro atoms. The third-order valence-corrected chi connectivity index (χ3v) is 5.22. The van der Waals surface area contributed by atoms with E-state index in [0.717, 1.165) is 16.0 Å². The lowest BCUT2D eigenvalue weighted by molar-refractivity contribution is -0.123. The topological polar surface area (TPSA) is 87.5 Å². The first-order chi connectivity index (χ1) is 14.0. The zero-order valence-electron chi connectivity index (χ0n) is 16.5. The number of nitrogens with one attached hydrogen (secondary N) is 2. The summed E-state index contributed by atoms with van der Waals surface area (Å²) in [5, 5.41) is 11.5. The van der Waals surface area contributed by atoms with E-state index < -0.39 is 0 Å². The minimum atomic E-state index is -0.260. The minimum Gasteiger partial charge on any atom is -0.350 e. The Morgan fingerprint density at radius 2 is 1.90 bits per heavy atom. The largest absolute Gasteiger partial charge is 0.350 e. The number of aromatic nitrogens is 1.